The average molecular weight is 486 g/mol. The second-order valence-corrected chi connectivity index (χ2v) is 9.33. The Bertz CT molecular complexity index is 1040. The third-order valence-electron chi connectivity index (χ3n) is 4.65. The predicted octanol–water partition coefficient (Wildman–Crippen LogP) is 4.12. The van der Waals surface area contributed by atoms with Crippen LogP contribution in [0.15, 0.2) is 47.4 Å². The lowest BCUT2D eigenvalue weighted by atomic mass is 10.2. The fraction of sp³-hybridized carbons (Fsp3) is 0.333. The normalized spacial score (nSPS) is 11.4. The zero-order valence-corrected chi connectivity index (χ0v) is 19.9. The topological polar surface area (TPSA) is 86.8 Å². The molecule has 2 rings (SSSR count). The van der Waals surface area contributed by atoms with Crippen molar-refractivity contribution in [1.82, 2.24) is 9.21 Å². The first-order valence-electron chi connectivity index (χ1n) is 9.79. The molecule has 0 heterocycles. The van der Waals surface area contributed by atoms with Crippen molar-refractivity contribution in [2.75, 3.05) is 31.5 Å². The van der Waals surface area contributed by atoms with Gasteiger partial charge in [-0.3, -0.25) is 9.59 Å². The second-order valence-electron chi connectivity index (χ2n) is 6.58. The fourth-order valence-electron chi connectivity index (χ4n) is 2.98. The molecule has 0 radical (unpaired) electrons. The number of halogens is 2. The van der Waals surface area contributed by atoms with Crippen LogP contribution >= 0.6 is 23.2 Å². The number of carbonyl (C=O) groups excluding carboxylic acids is 2. The van der Waals surface area contributed by atoms with Gasteiger partial charge in [0.05, 0.1) is 20.6 Å². The highest BCUT2D eigenvalue weighted by molar-refractivity contribution is 7.89. The lowest BCUT2D eigenvalue weighted by Crippen LogP contribution is -2.38. The zero-order valence-electron chi connectivity index (χ0n) is 17.6. The van der Waals surface area contributed by atoms with Gasteiger partial charge in [-0.2, -0.15) is 4.31 Å². The van der Waals surface area contributed by atoms with Crippen molar-refractivity contribution in [3.8, 4) is 0 Å². The van der Waals surface area contributed by atoms with Crippen LogP contribution in [-0.4, -0.2) is 55.6 Å². The monoisotopic (exact) mass is 485 g/mol. The van der Waals surface area contributed by atoms with Crippen molar-refractivity contribution in [3.63, 3.8) is 0 Å². The molecule has 0 saturated heterocycles. The summed E-state index contributed by atoms with van der Waals surface area (Å²) in [5.41, 5.74) is 0.449. The molecule has 1 N–H and O–H groups in total. The first-order valence-corrected chi connectivity index (χ1v) is 12.0. The van der Waals surface area contributed by atoms with Crippen molar-refractivity contribution in [1.29, 1.82) is 0 Å². The van der Waals surface area contributed by atoms with E-state index in [2.05, 4.69) is 5.32 Å². The second kappa shape index (κ2) is 10.9. The SMILES string of the molecule is CCN(CC(=O)Nc1c(Cl)cccc1Cl)C(=O)c1cccc(S(=O)(=O)N(CC)CC)c1. The third-order valence-corrected chi connectivity index (χ3v) is 7.33. The van der Waals surface area contributed by atoms with E-state index in [0.29, 0.717) is 13.1 Å². The molecule has 0 fully saturated rings. The van der Waals surface area contributed by atoms with Gasteiger partial charge in [0.15, 0.2) is 0 Å². The van der Waals surface area contributed by atoms with Gasteiger partial charge in [0, 0.05) is 25.2 Å². The Kier molecular flexibility index (Phi) is 8.88. The van der Waals surface area contributed by atoms with Crippen molar-refractivity contribution in [2.24, 2.45) is 0 Å². The van der Waals surface area contributed by atoms with Crippen LogP contribution in [0, 0.1) is 0 Å². The molecule has 0 aliphatic rings. The first-order chi connectivity index (χ1) is 14.6. The maximum Gasteiger partial charge on any atom is 0.254 e. The van der Waals surface area contributed by atoms with Crippen molar-refractivity contribution < 1.29 is 18.0 Å². The summed E-state index contributed by atoms with van der Waals surface area (Å²) in [7, 11) is -3.71. The molecule has 2 amide bonds. The molecule has 2 aromatic carbocycles. The quantitative estimate of drug-likeness (QED) is 0.578. The summed E-state index contributed by atoms with van der Waals surface area (Å²) in [6.07, 6.45) is 0. The van der Waals surface area contributed by atoms with Gasteiger partial charge in [-0.15, -0.1) is 0 Å². The summed E-state index contributed by atoms with van der Waals surface area (Å²) in [5, 5.41) is 3.18. The minimum atomic E-state index is -3.71. The van der Waals surface area contributed by atoms with Crippen LogP contribution in [0.5, 0.6) is 0 Å². The van der Waals surface area contributed by atoms with Gasteiger partial charge >= 0.3 is 0 Å². The Labute approximate surface area is 193 Å². The number of carbonyl (C=O) groups is 2. The molecular weight excluding hydrogens is 461 g/mol. The van der Waals surface area contributed by atoms with Crippen LogP contribution < -0.4 is 5.32 Å². The number of sulfonamides is 1. The summed E-state index contributed by atoms with van der Waals surface area (Å²) in [6.45, 7) is 5.87. The number of benzene rings is 2. The van der Waals surface area contributed by atoms with E-state index < -0.39 is 21.8 Å². The molecule has 7 nitrogen and oxygen atoms in total. The van der Waals surface area contributed by atoms with Gasteiger partial charge in [-0.1, -0.05) is 49.2 Å². The maximum absolute atomic E-state index is 13.0. The van der Waals surface area contributed by atoms with Gasteiger partial charge < -0.3 is 10.2 Å². The van der Waals surface area contributed by atoms with Crippen LogP contribution in [0.25, 0.3) is 0 Å². The highest BCUT2D eigenvalue weighted by Crippen LogP contribution is 2.29. The number of nitrogens with one attached hydrogen (secondary N) is 1. The Morgan fingerprint density at radius 3 is 2.06 bits per heavy atom. The van der Waals surface area contributed by atoms with E-state index in [0.717, 1.165) is 0 Å². The summed E-state index contributed by atoms with van der Waals surface area (Å²) >= 11 is 12.1. The van der Waals surface area contributed by atoms with Gasteiger partial charge in [0.25, 0.3) is 5.91 Å². The fourth-order valence-corrected chi connectivity index (χ4v) is 4.98. The Balaban J connectivity index is 2.22. The number of hydrogen-bond acceptors (Lipinski definition) is 4. The van der Waals surface area contributed by atoms with E-state index in [1.807, 2.05) is 0 Å². The van der Waals surface area contributed by atoms with E-state index in [4.69, 9.17) is 23.2 Å². The van der Waals surface area contributed by atoms with E-state index in [1.54, 1.807) is 39.0 Å². The zero-order chi connectivity index (χ0) is 23.2. The van der Waals surface area contributed by atoms with E-state index >= 15 is 0 Å². The number of para-hydroxylation sites is 1. The Morgan fingerprint density at radius 1 is 0.935 bits per heavy atom. The molecule has 2 aromatic rings. The summed E-state index contributed by atoms with van der Waals surface area (Å²) in [6, 6.07) is 10.7. The highest BCUT2D eigenvalue weighted by Gasteiger charge is 2.24. The minimum absolute atomic E-state index is 0.0328. The number of anilines is 1. The molecule has 31 heavy (non-hydrogen) atoms. The molecule has 0 aliphatic carbocycles. The number of nitrogens with zero attached hydrogens (tertiary/aromatic N) is 2. The molecule has 0 unspecified atom stereocenters. The largest absolute Gasteiger partial charge is 0.330 e. The molecular formula is C21H25Cl2N3O4S. The molecule has 0 spiro atoms. The number of amides is 2. The van der Waals surface area contributed by atoms with Crippen molar-refractivity contribution in [3.05, 3.63) is 58.1 Å². The van der Waals surface area contributed by atoms with Gasteiger partial charge in [-0.05, 0) is 37.3 Å². The maximum atomic E-state index is 13.0. The third kappa shape index (κ3) is 5.98. The van der Waals surface area contributed by atoms with Crippen LogP contribution in [-0.2, 0) is 14.8 Å². The lowest BCUT2D eigenvalue weighted by Gasteiger charge is -2.22. The molecule has 10 heteroatoms. The smallest absolute Gasteiger partial charge is 0.254 e. The van der Waals surface area contributed by atoms with Crippen molar-refractivity contribution in [2.45, 2.75) is 25.7 Å². The van der Waals surface area contributed by atoms with Crippen LogP contribution in [0.4, 0.5) is 5.69 Å². The van der Waals surface area contributed by atoms with Gasteiger partial charge in [0.2, 0.25) is 15.9 Å². The molecule has 0 aromatic heterocycles. The lowest BCUT2D eigenvalue weighted by molar-refractivity contribution is -0.116. The highest BCUT2D eigenvalue weighted by atomic mass is 35.5. The van der Waals surface area contributed by atoms with Crippen LogP contribution in [0.3, 0.4) is 0 Å². The molecule has 0 bridgehead atoms. The van der Waals surface area contributed by atoms with Crippen LogP contribution in [0.1, 0.15) is 31.1 Å². The summed E-state index contributed by atoms with van der Waals surface area (Å²) < 4.78 is 26.8. The molecule has 168 valence electrons. The number of hydrogen-bond donors (Lipinski definition) is 1. The molecule has 0 aliphatic heterocycles. The summed E-state index contributed by atoms with van der Waals surface area (Å²) in [5.74, 6) is -0.934. The van der Waals surface area contributed by atoms with Crippen molar-refractivity contribution >= 4 is 50.7 Å². The first kappa shape index (κ1) is 25.1. The standard InChI is InChI=1S/C21H25Cl2N3O4S/c1-4-25(14-19(27)24-20-17(22)11-8-12-18(20)23)21(28)15-9-7-10-16(13-15)31(29,30)26(5-2)6-3/h7-13H,4-6,14H2,1-3H3,(H,24,27). The van der Waals surface area contributed by atoms with E-state index in [-0.39, 0.29) is 39.3 Å². The van der Waals surface area contributed by atoms with Gasteiger partial charge in [0.1, 0.15) is 6.54 Å². The predicted molar refractivity (Wildman–Crippen MR) is 123 cm³/mol. The summed E-state index contributed by atoms with van der Waals surface area (Å²) in [4.78, 5) is 26.8. The number of likely N-dealkylation sites (N-methyl/N-ethyl adjacent to an activating group) is 1. The molecule has 0 saturated carbocycles. The Hall–Kier alpha value is -2.13. The van der Waals surface area contributed by atoms with Gasteiger partial charge in [-0.25, -0.2) is 8.42 Å². The van der Waals surface area contributed by atoms with E-state index in [9.17, 15) is 18.0 Å². The average Bonchev–Trinajstić information content (AvgIpc) is 2.75. The van der Waals surface area contributed by atoms with E-state index in [1.165, 1.54) is 33.5 Å². The molecule has 0 atom stereocenters. The minimum Gasteiger partial charge on any atom is -0.330 e. The Morgan fingerprint density at radius 2 is 1.52 bits per heavy atom. The van der Waals surface area contributed by atoms with Crippen LogP contribution in [0.2, 0.25) is 10.0 Å². The number of rotatable bonds is 9.